The zero-order valence-corrected chi connectivity index (χ0v) is 21.8. The average molecular weight is 518 g/mol. The van der Waals surface area contributed by atoms with Crippen LogP contribution in [-0.2, 0) is 22.4 Å². The molecule has 2 aromatic heterocycles. The molecule has 0 bridgehead atoms. The minimum Gasteiger partial charge on any atom is -0.508 e. The second kappa shape index (κ2) is 11.9. The minimum atomic E-state index is -0.452. The Morgan fingerprint density at radius 2 is 2.08 bits per heavy atom. The first-order valence-corrected chi connectivity index (χ1v) is 13.2. The largest absolute Gasteiger partial charge is 0.508 e. The molecule has 7 nitrogen and oxygen atoms in total. The van der Waals surface area contributed by atoms with Crippen molar-refractivity contribution in [2.75, 3.05) is 11.9 Å². The van der Waals surface area contributed by atoms with Crippen LogP contribution in [-0.4, -0.2) is 28.7 Å². The van der Waals surface area contributed by atoms with Gasteiger partial charge in [0.2, 0.25) is 5.91 Å². The van der Waals surface area contributed by atoms with Gasteiger partial charge in [0, 0.05) is 23.7 Å². The molecule has 3 N–H and O–H groups in total. The number of aromatic nitrogens is 1. The Hall–Kier alpha value is -3.83. The number of hydrogen-bond acceptors (Lipinski definition) is 6. The van der Waals surface area contributed by atoms with Crippen molar-refractivity contribution in [2.24, 2.45) is 5.92 Å². The molecule has 0 radical (unpaired) electrons. The number of alkyl carbamates (subject to hydrolysis) is 1. The number of phenolic OH excluding ortho intramolecular Hbond substituents is 1. The highest BCUT2D eigenvalue weighted by molar-refractivity contribution is 7.16. The second-order valence-electron chi connectivity index (χ2n) is 9.46. The van der Waals surface area contributed by atoms with Gasteiger partial charge in [-0.2, -0.15) is 0 Å². The second-order valence-corrected chi connectivity index (χ2v) is 10.6. The Balaban J connectivity index is 1.32. The molecule has 0 saturated carbocycles. The normalized spacial score (nSPS) is 16.1. The maximum Gasteiger partial charge on any atom is 0.407 e. The molecule has 3 atom stereocenters. The van der Waals surface area contributed by atoms with Gasteiger partial charge in [-0.3, -0.25) is 9.78 Å². The lowest BCUT2D eigenvalue weighted by Gasteiger charge is -2.22. The van der Waals surface area contributed by atoms with E-state index in [1.807, 2.05) is 32.0 Å². The van der Waals surface area contributed by atoms with Crippen molar-refractivity contribution in [1.82, 2.24) is 10.3 Å². The third kappa shape index (κ3) is 6.69. The lowest BCUT2D eigenvalue weighted by molar-refractivity contribution is -0.116. The van der Waals surface area contributed by atoms with Crippen LogP contribution in [0, 0.1) is 18.3 Å². The molecule has 192 valence electrons. The highest BCUT2D eigenvalue weighted by Crippen LogP contribution is 2.39. The first-order valence-electron chi connectivity index (χ1n) is 12.4. The van der Waals surface area contributed by atoms with Crippen LogP contribution in [0.2, 0.25) is 0 Å². The topological polar surface area (TPSA) is 101 Å². The molecule has 3 unspecified atom stereocenters. The van der Waals surface area contributed by atoms with Crippen LogP contribution in [0.15, 0.2) is 48.8 Å². The van der Waals surface area contributed by atoms with Gasteiger partial charge in [-0.1, -0.05) is 31.0 Å². The van der Waals surface area contributed by atoms with Crippen LogP contribution in [0.4, 0.5) is 9.80 Å². The highest BCUT2D eigenvalue weighted by Gasteiger charge is 2.27. The third-order valence-corrected chi connectivity index (χ3v) is 7.83. The van der Waals surface area contributed by atoms with Gasteiger partial charge in [0.25, 0.3) is 0 Å². The Bertz CT molecular complexity index is 1300. The number of phenols is 1. The molecule has 8 heteroatoms. The van der Waals surface area contributed by atoms with E-state index in [4.69, 9.17) is 11.2 Å². The molecular formula is C29H31N3O4S. The summed E-state index contributed by atoms with van der Waals surface area (Å²) in [6.45, 7) is 4.16. The summed E-state index contributed by atoms with van der Waals surface area (Å²) < 4.78 is 5.52. The molecule has 0 saturated heterocycles. The number of fused-ring (bicyclic) bond motifs is 1. The van der Waals surface area contributed by atoms with Crippen molar-refractivity contribution in [3.63, 3.8) is 0 Å². The maximum atomic E-state index is 12.8. The number of carbonyl (C=O) groups excluding carboxylic acids is 2. The molecule has 1 aromatic carbocycles. The average Bonchev–Trinajstić information content (AvgIpc) is 3.23. The monoisotopic (exact) mass is 517 g/mol. The van der Waals surface area contributed by atoms with Gasteiger partial charge in [-0.25, -0.2) is 4.79 Å². The number of carbonyl (C=O) groups is 2. The zero-order valence-electron chi connectivity index (χ0n) is 21.0. The number of ether oxygens (including phenoxy) is 1. The molecule has 37 heavy (non-hydrogen) atoms. The predicted octanol–water partition coefficient (Wildman–Crippen LogP) is 5.55. The van der Waals surface area contributed by atoms with Gasteiger partial charge in [0.1, 0.15) is 10.8 Å². The Labute approximate surface area is 221 Å². The van der Waals surface area contributed by atoms with Crippen molar-refractivity contribution >= 4 is 28.3 Å². The van der Waals surface area contributed by atoms with Crippen molar-refractivity contribution in [1.29, 1.82) is 0 Å². The zero-order chi connectivity index (χ0) is 26.4. The molecule has 2 amide bonds. The van der Waals surface area contributed by atoms with E-state index in [0.29, 0.717) is 11.6 Å². The quantitative estimate of drug-likeness (QED) is 0.340. The number of hydrogen-bond donors (Lipinski definition) is 3. The molecule has 4 rings (SSSR count). The van der Waals surface area contributed by atoms with Crippen LogP contribution < -0.4 is 10.6 Å². The number of thiophene rings is 1. The molecule has 0 spiro atoms. The van der Waals surface area contributed by atoms with E-state index >= 15 is 0 Å². The fraction of sp³-hybridized carbons (Fsp3) is 0.345. The van der Waals surface area contributed by atoms with E-state index in [2.05, 4.69) is 21.5 Å². The van der Waals surface area contributed by atoms with Crippen molar-refractivity contribution in [2.45, 2.75) is 51.5 Å². The van der Waals surface area contributed by atoms with Gasteiger partial charge in [0.15, 0.2) is 0 Å². The molecule has 3 aromatic rings. The number of aromatic hydroxyl groups is 1. The Kier molecular flexibility index (Phi) is 8.47. The summed E-state index contributed by atoms with van der Waals surface area (Å²) in [6.07, 6.45) is 11.4. The van der Waals surface area contributed by atoms with E-state index in [0.717, 1.165) is 46.4 Å². The van der Waals surface area contributed by atoms with Gasteiger partial charge in [-0.05, 0) is 72.9 Å². The van der Waals surface area contributed by atoms with Gasteiger partial charge >= 0.3 is 6.09 Å². The smallest absolute Gasteiger partial charge is 0.407 e. The van der Waals surface area contributed by atoms with Gasteiger partial charge in [0.05, 0.1) is 18.2 Å². The summed E-state index contributed by atoms with van der Waals surface area (Å²) in [6, 6.07) is 10.5. The first kappa shape index (κ1) is 26.2. The van der Waals surface area contributed by atoms with Crippen molar-refractivity contribution in [3.05, 3.63) is 75.9 Å². The summed E-state index contributed by atoms with van der Waals surface area (Å²) >= 11 is 1.51. The van der Waals surface area contributed by atoms with E-state index in [-0.39, 0.29) is 36.0 Å². The molecular weight excluding hydrogens is 486 g/mol. The lowest BCUT2D eigenvalue weighted by Crippen LogP contribution is -2.30. The summed E-state index contributed by atoms with van der Waals surface area (Å²) in [5, 5.41) is 16.3. The number of amides is 2. The minimum absolute atomic E-state index is 0.0514. The lowest BCUT2D eigenvalue weighted by atomic mass is 9.87. The molecule has 1 aliphatic rings. The summed E-state index contributed by atoms with van der Waals surface area (Å²) in [4.78, 5) is 30.3. The molecule has 2 heterocycles. The predicted molar refractivity (Wildman–Crippen MR) is 145 cm³/mol. The fourth-order valence-corrected chi connectivity index (χ4v) is 5.91. The molecule has 1 aliphatic carbocycles. The van der Waals surface area contributed by atoms with Gasteiger partial charge in [-0.15, -0.1) is 17.8 Å². The first-order chi connectivity index (χ1) is 17.8. The van der Waals surface area contributed by atoms with E-state index in [1.54, 1.807) is 30.6 Å². The Morgan fingerprint density at radius 3 is 2.81 bits per heavy atom. The van der Waals surface area contributed by atoms with E-state index in [1.165, 1.54) is 11.3 Å². The SMILES string of the molecule is C#Cc1c(NC(=O)CC(C)c2cccc(O)c2)sc2c1CCC(COC(=O)NC(C)c1cccnc1)C2. The molecule has 0 aliphatic heterocycles. The number of rotatable bonds is 8. The van der Waals surface area contributed by atoms with Crippen LogP contribution in [0.3, 0.4) is 0 Å². The van der Waals surface area contributed by atoms with Crippen molar-refractivity contribution < 1.29 is 19.4 Å². The standard InChI is InChI=1S/C29H31N3O4S/c1-4-24-25-11-10-20(17-36-29(35)31-19(3)22-8-6-12-30-16-22)14-26(25)37-28(24)32-27(34)13-18(2)21-7-5-9-23(33)15-21/h1,5-9,12,15-16,18-20,33H,10-11,13-14,17H2,2-3H3,(H,31,35)(H,32,34). The van der Waals surface area contributed by atoms with Crippen LogP contribution in [0.25, 0.3) is 0 Å². The molecule has 0 fully saturated rings. The number of pyridine rings is 1. The third-order valence-electron chi connectivity index (χ3n) is 6.66. The van der Waals surface area contributed by atoms with Crippen LogP contribution >= 0.6 is 11.3 Å². The summed E-state index contributed by atoms with van der Waals surface area (Å²) in [7, 11) is 0. The van der Waals surface area contributed by atoms with Crippen molar-refractivity contribution in [3.8, 4) is 18.1 Å². The number of anilines is 1. The summed E-state index contributed by atoms with van der Waals surface area (Å²) in [5.41, 5.74) is 3.67. The van der Waals surface area contributed by atoms with Crippen LogP contribution in [0.5, 0.6) is 5.75 Å². The number of benzene rings is 1. The Morgan fingerprint density at radius 1 is 1.27 bits per heavy atom. The summed E-state index contributed by atoms with van der Waals surface area (Å²) in [5.74, 6) is 2.96. The van der Waals surface area contributed by atoms with Gasteiger partial charge < -0.3 is 20.5 Å². The number of nitrogens with one attached hydrogen (secondary N) is 2. The van der Waals surface area contributed by atoms with Crippen LogP contribution in [0.1, 0.15) is 65.8 Å². The van der Waals surface area contributed by atoms with E-state index < -0.39 is 6.09 Å². The van der Waals surface area contributed by atoms with E-state index in [9.17, 15) is 14.7 Å². The number of nitrogens with zero attached hydrogens (tertiary/aromatic N) is 1. The number of terminal acetylenes is 1. The highest BCUT2D eigenvalue weighted by atomic mass is 32.1. The maximum absolute atomic E-state index is 12.8. The fourth-order valence-electron chi connectivity index (χ4n) is 4.57.